The Hall–Kier alpha value is -0.120. The Bertz CT molecular complexity index is 95.4. The van der Waals surface area contributed by atoms with Crippen LogP contribution in [0.3, 0.4) is 0 Å². The van der Waals surface area contributed by atoms with Crippen LogP contribution in [-0.2, 0) is 4.74 Å². The highest BCUT2D eigenvalue weighted by atomic mass is 16.5. The number of rotatable bonds is 12. The molecule has 0 aliphatic heterocycles. The van der Waals surface area contributed by atoms with Crippen molar-refractivity contribution < 1.29 is 15.3 Å². The lowest BCUT2D eigenvalue weighted by Gasteiger charge is -2.02. The van der Waals surface area contributed by atoms with Gasteiger partial charge in [-0.05, 0) is 6.42 Å². The third-order valence-electron chi connectivity index (χ3n) is 2.63. The van der Waals surface area contributed by atoms with E-state index >= 15 is 0 Å². The molecule has 0 aliphatic rings. The van der Waals surface area contributed by atoms with Gasteiger partial charge in [0.25, 0.3) is 0 Å². The zero-order chi connectivity index (χ0) is 11.2. The molecule has 0 rings (SSSR count). The number of unbranched alkanes of at least 4 members (excludes halogenated alkanes) is 8. The van der Waals surface area contributed by atoms with Crippen LogP contribution in [0.25, 0.3) is 0 Å². The van der Waals surface area contributed by atoms with E-state index in [-0.39, 0.29) is 12.1 Å². The second kappa shape index (κ2) is 17.3. The summed E-state index contributed by atoms with van der Waals surface area (Å²) in [7, 11) is 0. The molecule has 0 atom stereocenters. The first kappa shape index (κ1) is 18.3. The normalized spacial score (nSPS) is 10.1. The lowest BCUT2D eigenvalue weighted by molar-refractivity contribution is 0.0895. The van der Waals surface area contributed by atoms with Crippen LogP contribution in [0.5, 0.6) is 0 Å². The van der Waals surface area contributed by atoms with Crippen LogP contribution in [0.1, 0.15) is 64.7 Å². The van der Waals surface area contributed by atoms with E-state index in [0.717, 1.165) is 13.0 Å². The Morgan fingerprint density at radius 3 is 1.75 bits per heavy atom. The molecular weight excluding hydrogens is 204 g/mol. The molecule has 0 spiro atoms. The highest BCUT2D eigenvalue weighted by molar-refractivity contribution is 4.46. The Morgan fingerprint density at radius 1 is 0.750 bits per heavy atom. The zero-order valence-electron chi connectivity index (χ0n) is 10.8. The largest absolute Gasteiger partial charge is 0.412 e. The third-order valence-corrected chi connectivity index (χ3v) is 2.63. The van der Waals surface area contributed by atoms with Gasteiger partial charge in [0.15, 0.2) is 0 Å². The lowest BCUT2D eigenvalue weighted by atomic mass is 10.1. The van der Waals surface area contributed by atoms with Gasteiger partial charge in [-0.3, -0.25) is 0 Å². The molecule has 0 radical (unpaired) electrons. The fraction of sp³-hybridized carbons (Fsp3) is 1.00. The molecule has 16 heavy (non-hydrogen) atoms. The molecule has 0 saturated heterocycles. The van der Waals surface area contributed by atoms with Crippen molar-refractivity contribution in [3.8, 4) is 0 Å². The number of aliphatic hydroxyl groups excluding tert-OH is 1. The van der Waals surface area contributed by atoms with E-state index in [0.29, 0.717) is 6.61 Å². The standard InChI is InChI=1S/C13H28O2.H2O/c1-2-3-4-5-6-7-8-9-10-12-15-13-11-14;/h14H,2-13H2,1H3;1H2. The first-order valence-corrected chi connectivity index (χ1v) is 6.60. The van der Waals surface area contributed by atoms with E-state index in [1.54, 1.807) is 0 Å². The minimum atomic E-state index is 0. The van der Waals surface area contributed by atoms with Crippen LogP contribution < -0.4 is 0 Å². The van der Waals surface area contributed by atoms with Crippen molar-refractivity contribution >= 4 is 0 Å². The van der Waals surface area contributed by atoms with E-state index in [2.05, 4.69) is 6.92 Å². The molecule has 0 fully saturated rings. The van der Waals surface area contributed by atoms with Crippen molar-refractivity contribution in [1.29, 1.82) is 0 Å². The predicted molar refractivity (Wildman–Crippen MR) is 68.7 cm³/mol. The van der Waals surface area contributed by atoms with Gasteiger partial charge >= 0.3 is 0 Å². The highest BCUT2D eigenvalue weighted by Gasteiger charge is 1.92. The van der Waals surface area contributed by atoms with E-state index in [9.17, 15) is 0 Å². The zero-order valence-corrected chi connectivity index (χ0v) is 10.8. The number of hydrogen-bond acceptors (Lipinski definition) is 2. The van der Waals surface area contributed by atoms with Crippen LogP contribution in [0.2, 0.25) is 0 Å². The van der Waals surface area contributed by atoms with Gasteiger partial charge in [-0.2, -0.15) is 0 Å². The monoisotopic (exact) mass is 234 g/mol. The van der Waals surface area contributed by atoms with Gasteiger partial charge in [0, 0.05) is 6.61 Å². The number of hydrogen-bond donors (Lipinski definition) is 1. The van der Waals surface area contributed by atoms with Gasteiger partial charge in [0.2, 0.25) is 0 Å². The topological polar surface area (TPSA) is 61.0 Å². The molecule has 0 saturated carbocycles. The molecule has 0 heterocycles. The van der Waals surface area contributed by atoms with Gasteiger partial charge in [-0.25, -0.2) is 0 Å². The summed E-state index contributed by atoms with van der Waals surface area (Å²) in [6.45, 7) is 3.72. The summed E-state index contributed by atoms with van der Waals surface area (Å²) in [5.41, 5.74) is 0. The maximum atomic E-state index is 8.48. The smallest absolute Gasteiger partial charge is 0.0697 e. The van der Waals surface area contributed by atoms with Crippen molar-refractivity contribution in [3.63, 3.8) is 0 Å². The van der Waals surface area contributed by atoms with E-state index in [1.165, 1.54) is 51.4 Å². The van der Waals surface area contributed by atoms with Gasteiger partial charge in [0.05, 0.1) is 13.2 Å². The van der Waals surface area contributed by atoms with Crippen LogP contribution >= 0.6 is 0 Å². The molecule has 0 bridgehead atoms. The summed E-state index contributed by atoms with van der Waals surface area (Å²) in [5, 5.41) is 8.48. The molecule has 0 unspecified atom stereocenters. The molecule has 0 amide bonds. The van der Waals surface area contributed by atoms with Crippen LogP contribution in [0.15, 0.2) is 0 Å². The molecule has 3 nitrogen and oxygen atoms in total. The quantitative estimate of drug-likeness (QED) is 0.528. The predicted octanol–water partition coefficient (Wildman–Crippen LogP) is 2.70. The van der Waals surface area contributed by atoms with E-state index in [4.69, 9.17) is 9.84 Å². The molecule has 0 aromatic rings. The van der Waals surface area contributed by atoms with Gasteiger partial charge in [-0.15, -0.1) is 0 Å². The Labute approximate surface area is 101 Å². The molecule has 0 aromatic carbocycles. The Morgan fingerprint density at radius 2 is 1.25 bits per heavy atom. The van der Waals surface area contributed by atoms with Crippen LogP contribution in [-0.4, -0.2) is 30.4 Å². The minimum Gasteiger partial charge on any atom is -0.412 e. The number of ether oxygens (including phenoxy) is 1. The first-order chi connectivity index (χ1) is 7.41. The maximum absolute atomic E-state index is 8.48. The summed E-state index contributed by atoms with van der Waals surface area (Å²) in [5.74, 6) is 0. The van der Waals surface area contributed by atoms with Gasteiger partial charge < -0.3 is 15.3 Å². The van der Waals surface area contributed by atoms with Crippen molar-refractivity contribution in [1.82, 2.24) is 0 Å². The van der Waals surface area contributed by atoms with Crippen LogP contribution in [0.4, 0.5) is 0 Å². The average Bonchev–Trinajstić information content (AvgIpc) is 2.26. The van der Waals surface area contributed by atoms with Gasteiger partial charge in [-0.1, -0.05) is 58.3 Å². The first-order valence-electron chi connectivity index (χ1n) is 6.60. The molecular formula is C13H30O3. The highest BCUT2D eigenvalue weighted by Crippen LogP contribution is 2.09. The summed E-state index contributed by atoms with van der Waals surface area (Å²) in [4.78, 5) is 0. The molecule has 0 aromatic heterocycles. The summed E-state index contributed by atoms with van der Waals surface area (Å²) < 4.78 is 5.19. The van der Waals surface area contributed by atoms with E-state index < -0.39 is 0 Å². The fourth-order valence-corrected chi connectivity index (χ4v) is 1.68. The molecule has 0 aliphatic carbocycles. The summed E-state index contributed by atoms with van der Waals surface area (Å²) in [6, 6.07) is 0. The fourth-order valence-electron chi connectivity index (χ4n) is 1.68. The second-order valence-corrected chi connectivity index (χ2v) is 4.16. The van der Waals surface area contributed by atoms with Crippen molar-refractivity contribution in [3.05, 3.63) is 0 Å². The molecule has 3 heteroatoms. The van der Waals surface area contributed by atoms with Crippen molar-refractivity contribution in [2.75, 3.05) is 19.8 Å². The van der Waals surface area contributed by atoms with Crippen molar-refractivity contribution in [2.24, 2.45) is 0 Å². The Balaban J connectivity index is 0. The van der Waals surface area contributed by atoms with Gasteiger partial charge in [0.1, 0.15) is 0 Å². The minimum absolute atomic E-state index is 0. The lowest BCUT2D eigenvalue weighted by Crippen LogP contribution is -2.00. The summed E-state index contributed by atoms with van der Waals surface area (Å²) >= 11 is 0. The Kier molecular flexibility index (Phi) is 19.7. The second-order valence-electron chi connectivity index (χ2n) is 4.16. The third kappa shape index (κ3) is 16.3. The van der Waals surface area contributed by atoms with E-state index in [1.807, 2.05) is 0 Å². The average molecular weight is 234 g/mol. The SMILES string of the molecule is CCCCCCCCCCCOCCO.O. The van der Waals surface area contributed by atoms with Crippen LogP contribution in [0, 0.1) is 0 Å². The number of aliphatic hydroxyl groups is 1. The maximum Gasteiger partial charge on any atom is 0.0697 e. The van der Waals surface area contributed by atoms with Crippen molar-refractivity contribution in [2.45, 2.75) is 64.7 Å². The molecule has 3 N–H and O–H groups in total. The molecule has 100 valence electrons. The summed E-state index contributed by atoms with van der Waals surface area (Å²) in [6.07, 6.45) is 12.1.